The predicted octanol–water partition coefficient (Wildman–Crippen LogP) is 1.91. The monoisotopic (exact) mass is 234 g/mol. The standard InChI is InChI=1S/C12H11FN2O2/c1-17-12-3-2-9(6-10(12)13)11(16)7-15-5-4-14-8-15/h2-6,8H,7H2,1H3. The first-order valence-corrected chi connectivity index (χ1v) is 5.03. The number of hydrogen-bond acceptors (Lipinski definition) is 3. The number of methoxy groups -OCH3 is 1. The van der Waals surface area contributed by atoms with Crippen LogP contribution >= 0.6 is 0 Å². The van der Waals surface area contributed by atoms with Crippen LogP contribution in [0.25, 0.3) is 0 Å². The molecule has 0 spiro atoms. The van der Waals surface area contributed by atoms with Gasteiger partial charge in [0.15, 0.2) is 17.3 Å². The summed E-state index contributed by atoms with van der Waals surface area (Å²) in [6.07, 6.45) is 4.80. The molecule has 0 aliphatic carbocycles. The van der Waals surface area contributed by atoms with Gasteiger partial charge in [0.25, 0.3) is 0 Å². The van der Waals surface area contributed by atoms with Crippen LogP contribution in [0.15, 0.2) is 36.9 Å². The second kappa shape index (κ2) is 4.78. The van der Waals surface area contributed by atoms with E-state index in [0.717, 1.165) is 0 Å². The van der Waals surface area contributed by atoms with Gasteiger partial charge in [-0.1, -0.05) is 0 Å². The van der Waals surface area contributed by atoms with Crippen molar-refractivity contribution in [2.75, 3.05) is 7.11 Å². The smallest absolute Gasteiger partial charge is 0.182 e. The highest BCUT2D eigenvalue weighted by atomic mass is 19.1. The van der Waals surface area contributed by atoms with Crippen molar-refractivity contribution in [1.82, 2.24) is 9.55 Å². The lowest BCUT2D eigenvalue weighted by Crippen LogP contribution is -2.09. The molecule has 0 bridgehead atoms. The largest absolute Gasteiger partial charge is 0.494 e. The van der Waals surface area contributed by atoms with E-state index in [9.17, 15) is 9.18 Å². The number of rotatable bonds is 4. The quantitative estimate of drug-likeness (QED) is 0.759. The van der Waals surface area contributed by atoms with E-state index in [-0.39, 0.29) is 18.1 Å². The van der Waals surface area contributed by atoms with Crippen molar-refractivity contribution in [2.45, 2.75) is 6.54 Å². The van der Waals surface area contributed by atoms with E-state index in [2.05, 4.69) is 4.98 Å². The van der Waals surface area contributed by atoms with E-state index >= 15 is 0 Å². The molecule has 0 fully saturated rings. The molecule has 88 valence electrons. The molecule has 0 aliphatic heterocycles. The van der Waals surface area contributed by atoms with Crippen LogP contribution in [0.3, 0.4) is 0 Å². The molecule has 0 aliphatic rings. The summed E-state index contributed by atoms with van der Waals surface area (Å²) in [6, 6.07) is 4.16. The van der Waals surface area contributed by atoms with Crippen LogP contribution in [-0.4, -0.2) is 22.4 Å². The zero-order chi connectivity index (χ0) is 12.3. The first-order chi connectivity index (χ1) is 8.20. The fourth-order valence-electron chi connectivity index (χ4n) is 1.48. The second-order valence-corrected chi connectivity index (χ2v) is 3.51. The highest BCUT2D eigenvalue weighted by molar-refractivity contribution is 5.96. The summed E-state index contributed by atoms with van der Waals surface area (Å²) in [4.78, 5) is 15.6. The maximum absolute atomic E-state index is 13.4. The first-order valence-electron chi connectivity index (χ1n) is 5.03. The number of carbonyl (C=O) groups is 1. The van der Waals surface area contributed by atoms with Crippen LogP contribution in [0.4, 0.5) is 4.39 Å². The Morgan fingerprint density at radius 3 is 2.94 bits per heavy atom. The number of ketones is 1. The number of carbonyl (C=O) groups excluding carboxylic acids is 1. The summed E-state index contributed by atoms with van der Waals surface area (Å²) in [6.45, 7) is 0.145. The zero-order valence-corrected chi connectivity index (χ0v) is 9.26. The Kier molecular flexibility index (Phi) is 3.18. The third-order valence-electron chi connectivity index (χ3n) is 2.36. The number of benzene rings is 1. The molecule has 0 radical (unpaired) electrons. The minimum Gasteiger partial charge on any atom is -0.494 e. The van der Waals surface area contributed by atoms with Gasteiger partial charge in [-0.2, -0.15) is 0 Å². The minimum absolute atomic E-state index is 0.129. The Morgan fingerprint density at radius 1 is 1.53 bits per heavy atom. The van der Waals surface area contributed by atoms with Gasteiger partial charge in [0.2, 0.25) is 0 Å². The highest BCUT2D eigenvalue weighted by Crippen LogP contribution is 2.18. The lowest BCUT2D eigenvalue weighted by atomic mass is 10.1. The van der Waals surface area contributed by atoms with E-state index in [1.54, 1.807) is 23.0 Å². The van der Waals surface area contributed by atoms with Gasteiger partial charge in [0.1, 0.15) is 0 Å². The van der Waals surface area contributed by atoms with Gasteiger partial charge >= 0.3 is 0 Å². The van der Waals surface area contributed by atoms with E-state index in [1.165, 1.54) is 25.6 Å². The van der Waals surface area contributed by atoms with E-state index < -0.39 is 5.82 Å². The number of imidazole rings is 1. The lowest BCUT2D eigenvalue weighted by Gasteiger charge is -2.05. The molecule has 0 saturated carbocycles. The van der Waals surface area contributed by atoms with Crippen LogP contribution in [0.5, 0.6) is 5.75 Å². The summed E-state index contributed by atoms with van der Waals surface area (Å²) in [7, 11) is 1.38. The van der Waals surface area contributed by atoms with Crippen molar-refractivity contribution in [3.63, 3.8) is 0 Å². The molecule has 0 unspecified atom stereocenters. The van der Waals surface area contributed by atoms with Crippen molar-refractivity contribution in [3.8, 4) is 5.75 Å². The number of Topliss-reactive ketones (excluding diaryl/α,β-unsaturated/α-hetero) is 1. The second-order valence-electron chi connectivity index (χ2n) is 3.51. The van der Waals surface area contributed by atoms with Crippen LogP contribution in [0.1, 0.15) is 10.4 Å². The molecule has 0 N–H and O–H groups in total. The molecule has 0 saturated heterocycles. The lowest BCUT2D eigenvalue weighted by molar-refractivity contribution is 0.0971. The van der Waals surface area contributed by atoms with Gasteiger partial charge < -0.3 is 9.30 Å². The first kappa shape index (κ1) is 11.3. The normalized spacial score (nSPS) is 10.2. The molecular weight excluding hydrogens is 223 g/mol. The van der Waals surface area contributed by atoms with Crippen molar-refractivity contribution >= 4 is 5.78 Å². The molecule has 2 rings (SSSR count). The third-order valence-corrected chi connectivity index (χ3v) is 2.36. The van der Waals surface area contributed by atoms with Gasteiger partial charge in [0, 0.05) is 18.0 Å². The topological polar surface area (TPSA) is 44.1 Å². The average molecular weight is 234 g/mol. The molecule has 0 amide bonds. The Bertz CT molecular complexity index is 523. The molecule has 17 heavy (non-hydrogen) atoms. The fraction of sp³-hybridized carbons (Fsp3) is 0.167. The number of halogens is 1. The molecule has 2 aromatic rings. The minimum atomic E-state index is -0.538. The zero-order valence-electron chi connectivity index (χ0n) is 9.26. The maximum atomic E-state index is 13.4. The summed E-state index contributed by atoms with van der Waals surface area (Å²) in [5.41, 5.74) is 0.317. The molecule has 4 nitrogen and oxygen atoms in total. The van der Waals surface area contributed by atoms with Gasteiger partial charge in [-0.05, 0) is 18.2 Å². The molecule has 0 atom stereocenters. The van der Waals surface area contributed by atoms with Crippen molar-refractivity contribution in [3.05, 3.63) is 48.3 Å². The summed E-state index contributed by atoms with van der Waals surface area (Å²) < 4.78 is 19.8. The van der Waals surface area contributed by atoms with Gasteiger partial charge in [-0.3, -0.25) is 4.79 Å². The Morgan fingerprint density at radius 2 is 2.35 bits per heavy atom. The van der Waals surface area contributed by atoms with Crippen molar-refractivity contribution in [1.29, 1.82) is 0 Å². The van der Waals surface area contributed by atoms with Gasteiger partial charge in [0.05, 0.1) is 20.0 Å². The van der Waals surface area contributed by atoms with E-state index in [1.807, 2.05) is 0 Å². The summed E-state index contributed by atoms with van der Waals surface area (Å²) >= 11 is 0. The van der Waals surface area contributed by atoms with Crippen molar-refractivity contribution < 1.29 is 13.9 Å². The van der Waals surface area contributed by atoms with Gasteiger partial charge in [-0.25, -0.2) is 9.37 Å². The van der Waals surface area contributed by atoms with E-state index in [0.29, 0.717) is 5.56 Å². The average Bonchev–Trinajstić information content (AvgIpc) is 2.81. The fourth-order valence-corrected chi connectivity index (χ4v) is 1.48. The van der Waals surface area contributed by atoms with Crippen LogP contribution in [0.2, 0.25) is 0 Å². The molecule has 1 heterocycles. The molecule has 5 heteroatoms. The Balaban J connectivity index is 2.17. The van der Waals surface area contributed by atoms with Crippen molar-refractivity contribution in [2.24, 2.45) is 0 Å². The van der Waals surface area contributed by atoms with Crippen LogP contribution in [0, 0.1) is 5.82 Å². The summed E-state index contributed by atoms with van der Waals surface area (Å²) in [5.74, 6) is -0.585. The Hall–Kier alpha value is -2.17. The molecule has 1 aromatic heterocycles. The maximum Gasteiger partial charge on any atom is 0.182 e. The molecule has 1 aromatic carbocycles. The Labute approximate surface area is 97.7 Å². The number of ether oxygens (including phenoxy) is 1. The number of aromatic nitrogens is 2. The van der Waals surface area contributed by atoms with Gasteiger partial charge in [-0.15, -0.1) is 0 Å². The van der Waals surface area contributed by atoms with Crippen LogP contribution in [-0.2, 0) is 6.54 Å². The SMILES string of the molecule is COc1ccc(C(=O)Cn2ccnc2)cc1F. The predicted molar refractivity (Wildman–Crippen MR) is 59.5 cm³/mol. The van der Waals surface area contributed by atoms with E-state index in [4.69, 9.17) is 4.74 Å². The number of nitrogens with zero attached hydrogens (tertiary/aromatic N) is 2. The highest BCUT2D eigenvalue weighted by Gasteiger charge is 2.10. The third kappa shape index (κ3) is 2.50. The van der Waals surface area contributed by atoms with Crippen LogP contribution < -0.4 is 4.74 Å². The number of hydrogen-bond donors (Lipinski definition) is 0. The molecular formula is C12H11FN2O2. The summed E-state index contributed by atoms with van der Waals surface area (Å²) in [5, 5.41) is 0.